The first-order valence-corrected chi connectivity index (χ1v) is 3.52. The van der Waals surface area contributed by atoms with Crippen LogP contribution in [0, 0.1) is 0 Å². The van der Waals surface area contributed by atoms with Crippen LogP contribution in [0.25, 0.3) is 0 Å². The van der Waals surface area contributed by atoms with E-state index in [-0.39, 0.29) is 0 Å². The first-order valence-electron chi connectivity index (χ1n) is 3.52. The van der Waals surface area contributed by atoms with E-state index in [1.54, 1.807) is 0 Å². The number of likely N-dealkylation sites (tertiary alicyclic amines) is 1. The predicted molar refractivity (Wildman–Crippen MR) is 37.8 cm³/mol. The van der Waals surface area contributed by atoms with Crippen LogP contribution < -0.4 is 11.5 Å². The van der Waals surface area contributed by atoms with Crippen molar-refractivity contribution in [1.82, 2.24) is 4.90 Å². The zero-order valence-electron chi connectivity index (χ0n) is 5.71. The van der Waals surface area contributed by atoms with Crippen molar-refractivity contribution >= 4 is 0 Å². The van der Waals surface area contributed by atoms with Crippen molar-refractivity contribution < 1.29 is 0 Å². The maximum atomic E-state index is 5.50. The van der Waals surface area contributed by atoms with Crippen molar-refractivity contribution in [2.45, 2.75) is 18.9 Å². The molecule has 0 bridgehead atoms. The molecule has 1 aliphatic heterocycles. The van der Waals surface area contributed by atoms with Crippen LogP contribution in [0.5, 0.6) is 0 Å². The summed E-state index contributed by atoms with van der Waals surface area (Å²) in [7, 11) is 0. The second-order valence-electron chi connectivity index (χ2n) is 2.53. The molecule has 1 aliphatic rings. The third-order valence-electron chi connectivity index (χ3n) is 2.01. The molecule has 1 atom stereocenters. The van der Waals surface area contributed by atoms with Crippen LogP contribution in [0.1, 0.15) is 12.8 Å². The van der Waals surface area contributed by atoms with Gasteiger partial charge < -0.3 is 11.5 Å². The number of hydrogen-bond donors (Lipinski definition) is 2. The van der Waals surface area contributed by atoms with Crippen molar-refractivity contribution in [3.05, 3.63) is 0 Å². The third-order valence-corrected chi connectivity index (χ3v) is 2.01. The van der Waals surface area contributed by atoms with Gasteiger partial charge in [-0.2, -0.15) is 0 Å². The average Bonchev–Trinajstić information content (AvgIpc) is 2.33. The molecule has 1 fully saturated rings. The Labute approximate surface area is 56.0 Å². The average molecular weight is 129 g/mol. The van der Waals surface area contributed by atoms with Crippen LogP contribution >= 0.6 is 0 Å². The molecule has 0 amide bonds. The summed E-state index contributed by atoms with van der Waals surface area (Å²) in [4.78, 5) is 2.24. The van der Waals surface area contributed by atoms with Gasteiger partial charge in [0.25, 0.3) is 0 Å². The van der Waals surface area contributed by atoms with Crippen molar-refractivity contribution in [3.63, 3.8) is 0 Å². The van der Waals surface area contributed by atoms with E-state index in [0.717, 1.165) is 13.1 Å². The Hall–Kier alpha value is -0.120. The first-order chi connectivity index (χ1) is 4.38. The quantitative estimate of drug-likeness (QED) is 0.519. The number of nitrogens with zero attached hydrogens (tertiary/aromatic N) is 1. The highest BCUT2D eigenvalue weighted by Crippen LogP contribution is 2.13. The lowest BCUT2D eigenvalue weighted by Crippen LogP contribution is -2.38. The molecule has 1 saturated heterocycles. The summed E-state index contributed by atoms with van der Waals surface area (Å²) in [5.41, 5.74) is 11.0. The van der Waals surface area contributed by atoms with Crippen LogP contribution in [0.15, 0.2) is 0 Å². The molecule has 54 valence electrons. The highest BCUT2D eigenvalue weighted by atomic mass is 15.2. The molecule has 3 nitrogen and oxygen atoms in total. The van der Waals surface area contributed by atoms with Gasteiger partial charge in [0.1, 0.15) is 0 Å². The van der Waals surface area contributed by atoms with Gasteiger partial charge in [0, 0.05) is 19.3 Å². The predicted octanol–water partition coefficient (Wildman–Crippen LogP) is -0.674. The van der Waals surface area contributed by atoms with E-state index < -0.39 is 0 Å². The molecule has 1 unspecified atom stereocenters. The Morgan fingerprint density at radius 3 is 2.67 bits per heavy atom. The maximum absolute atomic E-state index is 5.50. The van der Waals surface area contributed by atoms with E-state index in [1.165, 1.54) is 12.8 Å². The van der Waals surface area contributed by atoms with Gasteiger partial charge in [-0.3, -0.25) is 4.90 Å². The molecule has 0 radical (unpaired) electrons. The SMILES string of the molecule is NCC1CCCN1CN. The Morgan fingerprint density at radius 1 is 1.44 bits per heavy atom. The molecular weight excluding hydrogens is 114 g/mol. The molecule has 4 N–H and O–H groups in total. The van der Waals surface area contributed by atoms with Gasteiger partial charge in [-0.1, -0.05) is 0 Å². The van der Waals surface area contributed by atoms with Crippen molar-refractivity contribution in [1.29, 1.82) is 0 Å². The van der Waals surface area contributed by atoms with Crippen molar-refractivity contribution in [2.75, 3.05) is 19.8 Å². The lowest BCUT2D eigenvalue weighted by atomic mass is 10.2. The standard InChI is InChI=1S/C6H15N3/c7-4-6-2-1-3-9(6)5-8/h6H,1-5,7-8H2. The summed E-state index contributed by atoms with van der Waals surface area (Å²) >= 11 is 0. The van der Waals surface area contributed by atoms with E-state index in [2.05, 4.69) is 4.90 Å². The lowest BCUT2D eigenvalue weighted by Gasteiger charge is -2.19. The minimum Gasteiger partial charge on any atom is -0.329 e. The van der Waals surface area contributed by atoms with Gasteiger partial charge in [0.05, 0.1) is 0 Å². The summed E-state index contributed by atoms with van der Waals surface area (Å²) < 4.78 is 0. The molecule has 3 heteroatoms. The summed E-state index contributed by atoms with van der Waals surface area (Å²) in [6.07, 6.45) is 2.49. The van der Waals surface area contributed by atoms with Gasteiger partial charge >= 0.3 is 0 Å². The fourth-order valence-corrected chi connectivity index (χ4v) is 1.40. The highest BCUT2D eigenvalue weighted by molar-refractivity contribution is 4.77. The van der Waals surface area contributed by atoms with E-state index in [0.29, 0.717) is 12.7 Å². The molecule has 1 rings (SSSR count). The van der Waals surface area contributed by atoms with Crippen molar-refractivity contribution in [3.8, 4) is 0 Å². The van der Waals surface area contributed by atoms with E-state index >= 15 is 0 Å². The normalized spacial score (nSPS) is 29.3. The molecule has 0 aromatic heterocycles. The highest BCUT2D eigenvalue weighted by Gasteiger charge is 2.20. The summed E-state index contributed by atoms with van der Waals surface area (Å²) in [6.45, 7) is 2.57. The Morgan fingerprint density at radius 2 is 2.22 bits per heavy atom. The zero-order chi connectivity index (χ0) is 6.69. The number of hydrogen-bond acceptors (Lipinski definition) is 3. The molecule has 0 aromatic carbocycles. The molecule has 0 aromatic rings. The molecule has 0 spiro atoms. The molecule has 9 heavy (non-hydrogen) atoms. The summed E-state index contributed by atoms with van der Waals surface area (Å²) in [5, 5.41) is 0. The van der Waals surface area contributed by atoms with Gasteiger partial charge in [-0.15, -0.1) is 0 Å². The van der Waals surface area contributed by atoms with Crippen LogP contribution in [0.2, 0.25) is 0 Å². The minimum atomic E-state index is 0.565. The number of rotatable bonds is 2. The second-order valence-corrected chi connectivity index (χ2v) is 2.53. The topological polar surface area (TPSA) is 55.3 Å². The Balaban J connectivity index is 2.32. The largest absolute Gasteiger partial charge is 0.329 e. The zero-order valence-corrected chi connectivity index (χ0v) is 5.71. The van der Waals surface area contributed by atoms with E-state index in [4.69, 9.17) is 11.5 Å². The third kappa shape index (κ3) is 1.41. The smallest absolute Gasteiger partial charge is 0.0458 e. The van der Waals surface area contributed by atoms with E-state index in [9.17, 15) is 0 Å². The fraction of sp³-hybridized carbons (Fsp3) is 1.00. The van der Waals surface area contributed by atoms with Crippen LogP contribution in [0.4, 0.5) is 0 Å². The molecule has 0 aliphatic carbocycles. The van der Waals surface area contributed by atoms with Crippen LogP contribution in [0.3, 0.4) is 0 Å². The van der Waals surface area contributed by atoms with Gasteiger partial charge in [0.2, 0.25) is 0 Å². The van der Waals surface area contributed by atoms with Gasteiger partial charge in [0.15, 0.2) is 0 Å². The van der Waals surface area contributed by atoms with Gasteiger partial charge in [-0.25, -0.2) is 0 Å². The van der Waals surface area contributed by atoms with Crippen LogP contribution in [-0.4, -0.2) is 30.7 Å². The molecular formula is C6H15N3. The monoisotopic (exact) mass is 129 g/mol. The van der Waals surface area contributed by atoms with Gasteiger partial charge in [-0.05, 0) is 19.4 Å². The first kappa shape index (κ1) is 6.99. The molecule has 0 saturated carbocycles. The summed E-state index contributed by atoms with van der Waals surface area (Å²) in [5.74, 6) is 0. The second kappa shape index (κ2) is 3.15. The lowest BCUT2D eigenvalue weighted by molar-refractivity contribution is 0.266. The number of nitrogens with two attached hydrogens (primary N) is 2. The van der Waals surface area contributed by atoms with E-state index in [1.807, 2.05) is 0 Å². The Bertz CT molecular complexity index is 74.4. The van der Waals surface area contributed by atoms with Crippen molar-refractivity contribution in [2.24, 2.45) is 11.5 Å². The van der Waals surface area contributed by atoms with Crippen LogP contribution in [-0.2, 0) is 0 Å². The fourth-order valence-electron chi connectivity index (χ4n) is 1.40. The maximum Gasteiger partial charge on any atom is 0.0458 e. The Kier molecular flexibility index (Phi) is 2.45. The summed E-state index contributed by atoms with van der Waals surface area (Å²) in [6, 6.07) is 0.565. The molecule has 1 heterocycles. The minimum absolute atomic E-state index is 0.565.